The summed E-state index contributed by atoms with van der Waals surface area (Å²) in [5.74, 6) is 0.265. The minimum atomic E-state index is -0.810. The molecule has 0 aliphatic carbocycles. The standard InChI is InChI=1S/C6H12FN3O/c1-4(7)2-3-5-9-6(8)10-11-5/h4-5H,2-3H2,1H3,(H3,8,9,10). The molecule has 1 aliphatic rings. The Bertz CT molecular complexity index is 160. The number of halogens is 1. The lowest BCUT2D eigenvalue weighted by Crippen LogP contribution is -2.25. The molecule has 0 aromatic carbocycles. The number of hydroxylamine groups is 1. The van der Waals surface area contributed by atoms with Gasteiger partial charge in [-0.3, -0.25) is 0 Å². The van der Waals surface area contributed by atoms with Crippen LogP contribution in [-0.2, 0) is 4.84 Å². The van der Waals surface area contributed by atoms with Crippen molar-refractivity contribution in [3.05, 3.63) is 0 Å². The van der Waals surface area contributed by atoms with Crippen LogP contribution in [0.4, 0.5) is 4.39 Å². The maximum atomic E-state index is 12.3. The molecule has 0 aromatic heterocycles. The SMILES string of the molecule is CC(F)CCC1N=C(N)NO1. The third kappa shape index (κ3) is 2.71. The molecule has 0 aromatic rings. The van der Waals surface area contributed by atoms with E-state index in [-0.39, 0.29) is 12.2 Å². The molecular formula is C6H12FN3O. The van der Waals surface area contributed by atoms with Crippen LogP contribution in [0.1, 0.15) is 19.8 Å². The van der Waals surface area contributed by atoms with Crippen LogP contribution < -0.4 is 11.2 Å². The minimum absolute atomic E-state index is 0.265. The second kappa shape index (κ2) is 3.52. The molecular weight excluding hydrogens is 149 g/mol. The Morgan fingerprint density at radius 2 is 2.64 bits per heavy atom. The third-order valence-electron chi connectivity index (χ3n) is 1.39. The highest BCUT2D eigenvalue weighted by Gasteiger charge is 2.15. The van der Waals surface area contributed by atoms with Crippen molar-refractivity contribution in [2.24, 2.45) is 10.7 Å². The molecule has 5 heteroatoms. The molecule has 3 N–H and O–H groups in total. The number of nitrogens with two attached hydrogens (primary N) is 1. The normalized spacial score (nSPS) is 26.0. The monoisotopic (exact) mass is 161 g/mol. The van der Waals surface area contributed by atoms with E-state index in [9.17, 15) is 4.39 Å². The zero-order valence-electron chi connectivity index (χ0n) is 6.38. The fraction of sp³-hybridized carbons (Fsp3) is 0.833. The number of nitrogens with one attached hydrogen (secondary N) is 1. The van der Waals surface area contributed by atoms with E-state index >= 15 is 0 Å². The van der Waals surface area contributed by atoms with Crippen molar-refractivity contribution in [3.8, 4) is 0 Å². The smallest absolute Gasteiger partial charge is 0.215 e. The van der Waals surface area contributed by atoms with Gasteiger partial charge in [-0.25, -0.2) is 19.7 Å². The zero-order valence-corrected chi connectivity index (χ0v) is 6.38. The Morgan fingerprint density at radius 3 is 3.09 bits per heavy atom. The van der Waals surface area contributed by atoms with Gasteiger partial charge in [0.1, 0.15) is 0 Å². The second-order valence-corrected chi connectivity index (χ2v) is 2.55. The fourth-order valence-corrected chi connectivity index (χ4v) is 0.832. The van der Waals surface area contributed by atoms with Gasteiger partial charge in [-0.15, -0.1) is 0 Å². The van der Waals surface area contributed by atoms with Crippen LogP contribution in [0.15, 0.2) is 4.99 Å². The zero-order chi connectivity index (χ0) is 8.27. The Labute approximate surface area is 64.6 Å². The van der Waals surface area contributed by atoms with Crippen molar-refractivity contribution in [1.82, 2.24) is 5.48 Å². The van der Waals surface area contributed by atoms with E-state index in [1.807, 2.05) is 0 Å². The van der Waals surface area contributed by atoms with Crippen molar-refractivity contribution >= 4 is 5.96 Å². The summed E-state index contributed by atoms with van der Waals surface area (Å²) in [6.45, 7) is 1.51. The first-order chi connectivity index (χ1) is 5.18. The largest absolute Gasteiger partial charge is 0.368 e. The minimum Gasteiger partial charge on any atom is -0.368 e. The van der Waals surface area contributed by atoms with Crippen molar-refractivity contribution in [3.63, 3.8) is 0 Å². The van der Waals surface area contributed by atoms with Gasteiger partial charge in [-0.1, -0.05) is 0 Å². The lowest BCUT2D eigenvalue weighted by Gasteiger charge is -2.05. The van der Waals surface area contributed by atoms with Gasteiger partial charge < -0.3 is 5.73 Å². The Hall–Kier alpha value is -0.840. The lowest BCUT2D eigenvalue weighted by atomic mass is 10.2. The molecule has 0 fully saturated rings. The average molecular weight is 161 g/mol. The summed E-state index contributed by atoms with van der Waals surface area (Å²) in [6.07, 6.45) is -0.113. The Morgan fingerprint density at radius 1 is 1.91 bits per heavy atom. The molecule has 0 bridgehead atoms. The summed E-state index contributed by atoms with van der Waals surface area (Å²) in [5, 5.41) is 0. The van der Waals surface area contributed by atoms with E-state index in [0.29, 0.717) is 12.8 Å². The van der Waals surface area contributed by atoms with Gasteiger partial charge in [-0.2, -0.15) is 0 Å². The summed E-state index contributed by atoms with van der Waals surface area (Å²) < 4.78 is 12.3. The van der Waals surface area contributed by atoms with Crippen LogP contribution >= 0.6 is 0 Å². The molecule has 0 spiro atoms. The molecule has 11 heavy (non-hydrogen) atoms. The summed E-state index contributed by atoms with van der Waals surface area (Å²) in [4.78, 5) is 8.73. The molecule has 0 amide bonds. The van der Waals surface area contributed by atoms with Gasteiger partial charge in [-0.05, 0) is 19.8 Å². The first-order valence-electron chi connectivity index (χ1n) is 3.57. The number of alkyl halides is 1. The number of aliphatic imine (C=N–C) groups is 1. The number of hydrogen-bond donors (Lipinski definition) is 2. The van der Waals surface area contributed by atoms with E-state index in [1.54, 1.807) is 0 Å². The summed E-state index contributed by atoms with van der Waals surface area (Å²) in [6, 6.07) is 0. The quantitative estimate of drug-likeness (QED) is 0.625. The van der Waals surface area contributed by atoms with Crippen LogP contribution in [0.5, 0.6) is 0 Å². The fourth-order valence-electron chi connectivity index (χ4n) is 0.832. The number of nitrogens with zero attached hydrogens (tertiary/aromatic N) is 1. The first-order valence-corrected chi connectivity index (χ1v) is 3.57. The molecule has 4 nitrogen and oxygen atoms in total. The summed E-state index contributed by atoms with van der Waals surface area (Å²) in [7, 11) is 0. The van der Waals surface area contributed by atoms with Crippen LogP contribution in [0, 0.1) is 0 Å². The predicted molar refractivity (Wildman–Crippen MR) is 39.4 cm³/mol. The Balaban J connectivity index is 2.18. The van der Waals surface area contributed by atoms with E-state index in [1.165, 1.54) is 6.92 Å². The number of rotatable bonds is 3. The molecule has 0 radical (unpaired) electrons. The second-order valence-electron chi connectivity index (χ2n) is 2.55. The molecule has 2 unspecified atom stereocenters. The molecule has 1 heterocycles. The molecule has 2 atom stereocenters. The van der Waals surface area contributed by atoms with Gasteiger partial charge in [0.15, 0.2) is 6.23 Å². The van der Waals surface area contributed by atoms with Crippen LogP contribution in [0.2, 0.25) is 0 Å². The van der Waals surface area contributed by atoms with E-state index in [0.717, 1.165) is 0 Å². The van der Waals surface area contributed by atoms with E-state index in [4.69, 9.17) is 10.6 Å². The highest BCUT2D eigenvalue weighted by molar-refractivity contribution is 5.77. The van der Waals surface area contributed by atoms with Gasteiger partial charge in [0.2, 0.25) is 5.96 Å². The van der Waals surface area contributed by atoms with Gasteiger partial charge in [0, 0.05) is 0 Å². The van der Waals surface area contributed by atoms with Crippen LogP contribution in [-0.4, -0.2) is 18.4 Å². The van der Waals surface area contributed by atoms with E-state index < -0.39 is 6.17 Å². The maximum absolute atomic E-state index is 12.3. The van der Waals surface area contributed by atoms with Crippen molar-refractivity contribution in [2.45, 2.75) is 32.2 Å². The van der Waals surface area contributed by atoms with Crippen molar-refractivity contribution in [1.29, 1.82) is 0 Å². The molecule has 0 saturated carbocycles. The summed E-state index contributed by atoms with van der Waals surface area (Å²) in [5.41, 5.74) is 7.65. The highest BCUT2D eigenvalue weighted by Crippen LogP contribution is 2.09. The van der Waals surface area contributed by atoms with Crippen LogP contribution in [0.3, 0.4) is 0 Å². The number of guanidine groups is 1. The maximum Gasteiger partial charge on any atom is 0.215 e. The number of hydrogen-bond acceptors (Lipinski definition) is 4. The Kier molecular flexibility index (Phi) is 2.64. The highest BCUT2D eigenvalue weighted by atomic mass is 19.1. The first kappa shape index (κ1) is 8.26. The summed E-state index contributed by atoms with van der Waals surface area (Å²) >= 11 is 0. The van der Waals surface area contributed by atoms with Crippen molar-refractivity contribution in [2.75, 3.05) is 0 Å². The van der Waals surface area contributed by atoms with Gasteiger partial charge in [0.25, 0.3) is 0 Å². The molecule has 0 saturated heterocycles. The molecule has 1 rings (SSSR count). The lowest BCUT2D eigenvalue weighted by molar-refractivity contribution is 0.0283. The average Bonchev–Trinajstić information content (AvgIpc) is 2.31. The van der Waals surface area contributed by atoms with Crippen molar-refractivity contribution < 1.29 is 9.23 Å². The van der Waals surface area contributed by atoms with Crippen LogP contribution in [0.25, 0.3) is 0 Å². The topological polar surface area (TPSA) is 59.6 Å². The predicted octanol–water partition coefficient (Wildman–Crippen LogP) is 0.300. The van der Waals surface area contributed by atoms with Gasteiger partial charge >= 0.3 is 0 Å². The third-order valence-corrected chi connectivity index (χ3v) is 1.39. The van der Waals surface area contributed by atoms with E-state index in [2.05, 4.69) is 10.5 Å². The molecule has 64 valence electrons. The molecule has 1 aliphatic heterocycles. The van der Waals surface area contributed by atoms with Gasteiger partial charge in [0.05, 0.1) is 6.17 Å².